The van der Waals surface area contributed by atoms with Crippen LogP contribution >= 0.6 is 0 Å². The van der Waals surface area contributed by atoms with E-state index in [1.807, 2.05) is 7.05 Å². The number of piperidine rings is 1. The van der Waals surface area contributed by atoms with Crippen LogP contribution in [0.3, 0.4) is 0 Å². The third-order valence-electron chi connectivity index (χ3n) is 4.55. The summed E-state index contributed by atoms with van der Waals surface area (Å²) in [6.45, 7) is 2.26. The van der Waals surface area contributed by atoms with Crippen molar-refractivity contribution in [3.63, 3.8) is 0 Å². The minimum absolute atomic E-state index is 0.155. The second-order valence-corrected chi connectivity index (χ2v) is 6.22. The molecule has 1 fully saturated rings. The first-order valence-electron chi connectivity index (χ1n) is 7.96. The number of hydrogen-bond acceptors (Lipinski definition) is 3. The van der Waals surface area contributed by atoms with Crippen LogP contribution in [0.1, 0.15) is 44.9 Å². The number of aliphatic carboxylic acids is 1. The maximum atomic E-state index is 12.3. The standard InChI is InChI=1S/C16H26N2O3/c1-17(14-6-2-3-7-14)15(19)12-18-10-4-5-13(11-18)8-9-16(20)21/h6,13H,2-5,7-12H2,1H3,(H,20,21). The molecule has 1 unspecified atom stereocenters. The molecule has 5 nitrogen and oxygen atoms in total. The third-order valence-corrected chi connectivity index (χ3v) is 4.55. The average Bonchev–Trinajstić information content (AvgIpc) is 2.98. The summed E-state index contributed by atoms with van der Waals surface area (Å²) in [5.41, 5.74) is 1.15. The Morgan fingerprint density at radius 3 is 2.90 bits per heavy atom. The smallest absolute Gasteiger partial charge is 0.303 e. The van der Waals surface area contributed by atoms with Crippen LogP contribution in [0.15, 0.2) is 11.8 Å². The molecule has 1 amide bonds. The lowest BCUT2D eigenvalue weighted by atomic mass is 9.93. The number of likely N-dealkylation sites (N-methyl/N-ethyl adjacent to an activating group) is 1. The predicted molar refractivity (Wildman–Crippen MR) is 80.7 cm³/mol. The molecule has 0 aromatic rings. The highest BCUT2D eigenvalue weighted by atomic mass is 16.4. The van der Waals surface area contributed by atoms with Crippen molar-refractivity contribution in [3.05, 3.63) is 11.8 Å². The summed E-state index contributed by atoms with van der Waals surface area (Å²) in [5.74, 6) is -0.156. The lowest BCUT2D eigenvalue weighted by molar-refractivity contribution is -0.137. The third kappa shape index (κ3) is 4.84. The van der Waals surface area contributed by atoms with Crippen LogP contribution < -0.4 is 0 Å². The number of amides is 1. The van der Waals surface area contributed by atoms with E-state index < -0.39 is 5.97 Å². The maximum absolute atomic E-state index is 12.3. The monoisotopic (exact) mass is 294 g/mol. The first kappa shape index (κ1) is 16.0. The van der Waals surface area contributed by atoms with Gasteiger partial charge < -0.3 is 10.0 Å². The van der Waals surface area contributed by atoms with E-state index >= 15 is 0 Å². The number of hydrogen-bond donors (Lipinski definition) is 1. The molecule has 1 aliphatic heterocycles. The lowest BCUT2D eigenvalue weighted by Crippen LogP contribution is -2.42. The van der Waals surface area contributed by atoms with Gasteiger partial charge in [0.15, 0.2) is 0 Å². The lowest BCUT2D eigenvalue weighted by Gasteiger charge is -2.33. The van der Waals surface area contributed by atoms with Crippen molar-refractivity contribution < 1.29 is 14.7 Å². The molecule has 1 heterocycles. The minimum Gasteiger partial charge on any atom is -0.481 e. The summed E-state index contributed by atoms with van der Waals surface area (Å²) in [4.78, 5) is 27.0. The number of likely N-dealkylation sites (tertiary alicyclic amines) is 1. The van der Waals surface area contributed by atoms with Crippen LogP contribution in [0.2, 0.25) is 0 Å². The Hall–Kier alpha value is -1.36. The zero-order valence-corrected chi connectivity index (χ0v) is 12.9. The number of carboxylic acids is 1. The summed E-state index contributed by atoms with van der Waals surface area (Å²) >= 11 is 0. The number of carbonyl (C=O) groups is 2. The van der Waals surface area contributed by atoms with Gasteiger partial charge in [0.2, 0.25) is 5.91 Å². The molecule has 0 aromatic carbocycles. The highest BCUT2D eigenvalue weighted by Crippen LogP contribution is 2.23. The van der Waals surface area contributed by atoms with Crippen molar-refractivity contribution in [1.82, 2.24) is 9.80 Å². The van der Waals surface area contributed by atoms with E-state index in [9.17, 15) is 9.59 Å². The number of rotatable bonds is 6. The topological polar surface area (TPSA) is 60.9 Å². The molecule has 0 spiro atoms. The van der Waals surface area contributed by atoms with Crippen molar-refractivity contribution in [3.8, 4) is 0 Å². The molecule has 0 radical (unpaired) electrons. The molecule has 21 heavy (non-hydrogen) atoms. The highest BCUT2D eigenvalue weighted by Gasteiger charge is 2.24. The van der Waals surface area contributed by atoms with Gasteiger partial charge in [0, 0.05) is 25.7 Å². The van der Waals surface area contributed by atoms with E-state index in [0.29, 0.717) is 12.5 Å². The normalized spacial score (nSPS) is 22.9. The van der Waals surface area contributed by atoms with E-state index in [-0.39, 0.29) is 12.3 Å². The second-order valence-electron chi connectivity index (χ2n) is 6.22. The van der Waals surface area contributed by atoms with Crippen LogP contribution in [0.25, 0.3) is 0 Å². The fourth-order valence-corrected chi connectivity index (χ4v) is 3.27. The van der Waals surface area contributed by atoms with Crippen molar-refractivity contribution in [2.24, 2.45) is 5.92 Å². The zero-order chi connectivity index (χ0) is 15.2. The Bertz CT molecular complexity index is 420. The summed E-state index contributed by atoms with van der Waals surface area (Å²) in [6, 6.07) is 0. The van der Waals surface area contributed by atoms with Gasteiger partial charge in [0.1, 0.15) is 0 Å². The zero-order valence-electron chi connectivity index (χ0n) is 12.9. The first-order chi connectivity index (χ1) is 10.1. The van der Waals surface area contributed by atoms with E-state index in [1.54, 1.807) is 4.90 Å². The minimum atomic E-state index is -0.726. The Balaban J connectivity index is 1.78. The molecular formula is C16H26N2O3. The average molecular weight is 294 g/mol. The fourth-order valence-electron chi connectivity index (χ4n) is 3.27. The molecule has 118 valence electrons. The van der Waals surface area contributed by atoms with Gasteiger partial charge in [-0.05, 0) is 51.0 Å². The van der Waals surface area contributed by atoms with Crippen molar-refractivity contribution >= 4 is 11.9 Å². The second kappa shape index (κ2) is 7.59. The van der Waals surface area contributed by atoms with Crippen LogP contribution in [0.4, 0.5) is 0 Å². The number of carboxylic acid groups (broad SMARTS) is 1. The molecule has 5 heteroatoms. The molecular weight excluding hydrogens is 268 g/mol. The van der Waals surface area contributed by atoms with Crippen LogP contribution in [0, 0.1) is 5.92 Å². The summed E-state index contributed by atoms with van der Waals surface area (Å²) in [7, 11) is 1.87. The van der Waals surface area contributed by atoms with Crippen molar-refractivity contribution in [2.45, 2.75) is 44.9 Å². The van der Waals surface area contributed by atoms with Gasteiger partial charge in [-0.25, -0.2) is 0 Å². The van der Waals surface area contributed by atoms with E-state index in [4.69, 9.17) is 5.11 Å². The van der Waals surface area contributed by atoms with Gasteiger partial charge in [-0.3, -0.25) is 14.5 Å². The molecule has 2 rings (SSSR count). The van der Waals surface area contributed by atoms with Crippen LogP contribution in [0.5, 0.6) is 0 Å². The SMILES string of the molecule is CN(C(=O)CN1CCCC(CCC(=O)O)C1)C1=CCCC1. The number of carbonyl (C=O) groups excluding carboxylic acids is 1. The van der Waals surface area contributed by atoms with Gasteiger partial charge in [0.25, 0.3) is 0 Å². The van der Waals surface area contributed by atoms with Gasteiger partial charge in [-0.15, -0.1) is 0 Å². The van der Waals surface area contributed by atoms with E-state index in [0.717, 1.165) is 57.3 Å². The van der Waals surface area contributed by atoms with Gasteiger partial charge in [-0.1, -0.05) is 6.08 Å². The van der Waals surface area contributed by atoms with Crippen LogP contribution in [-0.4, -0.2) is 53.5 Å². The Labute approximate surface area is 126 Å². The molecule has 0 bridgehead atoms. The molecule has 0 saturated carbocycles. The van der Waals surface area contributed by atoms with Crippen molar-refractivity contribution in [1.29, 1.82) is 0 Å². The van der Waals surface area contributed by atoms with Gasteiger partial charge >= 0.3 is 5.97 Å². The molecule has 1 atom stereocenters. The molecule has 1 aliphatic carbocycles. The maximum Gasteiger partial charge on any atom is 0.303 e. The highest BCUT2D eigenvalue weighted by molar-refractivity contribution is 5.79. The summed E-state index contributed by atoms with van der Waals surface area (Å²) in [6.07, 6.45) is 8.48. The predicted octanol–water partition coefficient (Wildman–Crippen LogP) is 2.09. The Kier molecular flexibility index (Phi) is 5.79. The summed E-state index contributed by atoms with van der Waals surface area (Å²) in [5, 5.41) is 8.77. The van der Waals surface area contributed by atoms with Crippen LogP contribution in [-0.2, 0) is 9.59 Å². The van der Waals surface area contributed by atoms with Crippen molar-refractivity contribution in [2.75, 3.05) is 26.7 Å². The summed E-state index contributed by atoms with van der Waals surface area (Å²) < 4.78 is 0. The van der Waals surface area contributed by atoms with Gasteiger partial charge in [0.05, 0.1) is 6.54 Å². The number of nitrogens with zero attached hydrogens (tertiary/aromatic N) is 2. The van der Waals surface area contributed by atoms with Gasteiger partial charge in [-0.2, -0.15) is 0 Å². The van der Waals surface area contributed by atoms with E-state index in [1.165, 1.54) is 0 Å². The Morgan fingerprint density at radius 2 is 2.24 bits per heavy atom. The largest absolute Gasteiger partial charge is 0.481 e. The fraction of sp³-hybridized carbons (Fsp3) is 0.750. The molecule has 2 aliphatic rings. The number of allylic oxidation sites excluding steroid dienone is 2. The van der Waals surface area contributed by atoms with E-state index in [2.05, 4.69) is 11.0 Å². The molecule has 0 aromatic heterocycles. The molecule has 1 N–H and O–H groups in total. The quantitative estimate of drug-likeness (QED) is 0.815. The first-order valence-corrected chi connectivity index (χ1v) is 7.96. The Morgan fingerprint density at radius 1 is 1.43 bits per heavy atom. The molecule has 1 saturated heterocycles.